The van der Waals surface area contributed by atoms with Gasteiger partial charge < -0.3 is 10.0 Å². The molecule has 1 atom stereocenters. The van der Waals surface area contributed by atoms with Gasteiger partial charge in [0, 0.05) is 19.3 Å². The molecular weight excluding hydrogens is 258 g/mol. The number of likely N-dealkylation sites (tertiary alicyclic amines) is 1. The summed E-state index contributed by atoms with van der Waals surface area (Å²) in [6, 6.07) is 0. The Morgan fingerprint density at radius 3 is 2.50 bits per heavy atom. The van der Waals surface area contributed by atoms with Crippen LogP contribution in [0.3, 0.4) is 0 Å². The number of hydrogen-bond acceptors (Lipinski definition) is 3. The summed E-state index contributed by atoms with van der Waals surface area (Å²) in [5, 5.41) is 13.4. The van der Waals surface area contributed by atoms with Gasteiger partial charge in [-0.15, -0.1) is 0 Å². The third kappa shape index (κ3) is 2.55. The van der Waals surface area contributed by atoms with Crippen molar-refractivity contribution in [2.45, 2.75) is 39.7 Å². The second-order valence-electron chi connectivity index (χ2n) is 6.69. The van der Waals surface area contributed by atoms with Gasteiger partial charge in [0.1, 0.15) is 0 Å². The van der Waals surface area contributed by atoms with Gasteiger partial charge in [0.05, 0.1) is 22.7 Å². The molecule has 1 aliphatic rings. The lowest BCUT2D eigenvalue weighted by atomic mass is 9.90. The highest BCUT2D eigenvalue weighted by Gasteiger charge is 2.42. The van der Waals surface area contributed by atoms with Crippen LogP contribution in [0.25, 0.3) is 0 Å². The minimum Gasteiger partial charge on any atom is -0.481 e. The van der Waals surface area contributed by atoms with Crippen LogP contribution in [0.15, 0.2) is 12.4 Å². The Labute approximate surface area is 118 Å². The molecule has 1 aromatic rings. The molecule has 1 saturated heterocycles. The van der Waals surface area contributed by atoms with Crippen molar-refractivity contribution in [3.63, 3.8) is 0 Å². The summed E-state index contributed by atoms with van der Waals surface area (Å²) in [4.78, 5) is 25.2. The van der Waals surface area contributed by atoms with Gasteiger partial charge in [0.25, 0.3) is 5.91 Å². The lowest BCUT2D eigenvalue weighted by Gasteiger charge is -2.20. The van der Waals surface area contributed by atoms with E-state index < -0.39 is 11.4 Å². The van der Waals surface area contributed by atoms with Gasteiger partial charge in [-0.25, -0.2) is 0 Å². The Bertz CT molecular complexity index is 544. The number of nitrogens with zero attached hydrogens (tertiary/aromatic N) is 3. The number of amides is 1. The molecule has 0 saturated carbocycles. The van der Waals surface area contributed by atoms with Crippen LogP contribution >= 0.6 is 0 Å². The molecule has 1 aliphatic heterocycles. The minimum absolute atomic E-state index is 0.148. The number of aliphatic carboxylic acids is 1. The van der Waals surface area contributed by atoms with Crippen LogP contribution in [0.2, 0.25) is 0 Å². The molecule has 1 N–H and O–H groups in total. The van der Waals surface area contributed by atoms with Crippen molar-refractivity contribution in [2.24, 2.45) is 5.41 Å². The fraction of sp³-hybridized carbons (Fsp3) is 0.643. The monoisotopic (exact) mass is 279 g/mol. The van der Waals surface area contributed by atoms with Crippen LogP contribution in [-0.4, -0.2) is 44.8 Å². The summed E-state index contributed by atoms with van der Waals surface area (Å²) in [5.74, 6) is -0.997. The summed E-state index contributed by atoms with van der Waals surface area (Å²) in [5.41, 5.74) is -0.510. The highest BCUT2D eigenvalue weighted by atomic mass is 16.4. The predicted molar refractivity (Wildman–Crippen MR) is 73.5 cm³/mol. The predicted octanol–water partition coefficient (Wildman–Crippen LogP) is 1.57. The number of carboxylic acid groups (broad SMARTS) is 1. The van der Waals surface area contributed by atoms with Crippen LogP contribution < -0.4 is 0 Å². The molecule has 6 nitrogen and oxygen atoms in total. The first-order chi connectivity index (χ1) is 9.13. The van der Waals surface area contributed by atoms with Gasteiger partial charge in [-0.05, 0) is 34.1 Å². The van der Waals surface area contributed by atoms with E-state index in [1.807, 2.05) is 20.8 Å². The molecule has 0 aromatic carbocycles. The van der Waals surface area contributed by atoms with Crippen molar-refractivity contribution in [3.05, 3.63) is 18.0 Å². The first-order valence-electron chi connectivity index (χ1n) is 6.71. The van der Waals surface area contributed by atoms with Crippen LogP contribution in [0.1, 0.15) is 44.5 Å². The fourth-order valence-corrected chi connectivity index (χ4v) is 2.29. The standard InChI is InChI=1S/C14H21N3O3/c1-13(2,3)17-8-10(7-15-17)11(18)16-6-5-14(4,9-16)12(19)20/h7-8H,5-6,9H2,1-4H3,(H,19,20). The van der Waals surface area contributed by atoms with Gasteiger partial charge in [-0.3, -0.25) is 14.3 Å². The lowest BCUT2D eigenvalue weighted by Crippen LogP contribution is -2.34. The smallest absolute Gasteiger partial charge is 0.311 e. The summed E-state index contributed by atoms with van der Waals surface area (Å²) in [6.07, 6.45) is 3.75. The third-order valence-electron chi connectivity index (χ3n) is 3.79. The topological polar surface area (TPSA) is 75.4 Å². The zero-order chi connectivity index (χ0) is 15.1. The van der Waals surface area contributed by atoms with E-state index in [0.29, 0.717) is 18.5 Å². The van der Waals surface area contributed by atoms with E-state index in [1.165, 1.54) is 0 Å². The van der Waals surface area contributed by atoms with Crippen molar-refractivity contribution >= 4 is 11.9 Å². The number of hydrogen-bond donors (Lipinski definition) is 1. The largest absolute Gasteiger partial charge is 0.481 e. The summed E-state index contributed by atoms with van der Waals surface area (Å²) in [6.45, 7) is 8.42. The average molecular weight is 279 g/mol. The number of carbonyl (C=O) groups is 2. The van der Waals surface area contributed by atoms with Crippen molar-refractivity contribution in [3.8, 4) is 0 Å². The maximum absolute atomic E-state index is 12.4. The molecule has 0 aliphatic carbocycles. The quantitative estimate of drug-likeness (QED) is 0.891. The van der Waals surface area contributed by atoms with Crippen molar-refractivity contribution < 1.29 is 14.7 Å². The summed E-state index contributed by atoms with van der Waals surface area (Å²) >= 11 is 0. The van der Waals surface area contributed by atoms with Gasteiger partial charge in [0.15, 0.2) is 0 Å². The zero-order valence-electron chi connectivity index (χ0n) is 12.4. The molecule has 1 aromatic heterocycles. The SMILES string of the molecule is CC1(C(=O)O)CCN(C(=O)c2cnn(C(C)(C)C)c2)C1. The average Bonchev–Trinajstić information content (AvgIpc) is 2.94. The second-order valence-corrected chi connectivity index (χ2v) is 6.69. The molecule has 0 bridgehead atoms. The zero-order valence-corrected chi connectivity index (χ0v) is 12.4. The molecule has 1 amide bonds. The van der Waals surface area contributed by atoms with E-state index in [0.717, 1.165) is 0 Å². The van der Waals surface area contributed by atoms with E-state index in [1.54, 1.807) is 28.9 Å². The van der Waals surface area contributed by atoms with Crippen LogP contribution in [0.5, 0.6) is 0 Å². The van der Waals surface area contributed by atoms with Crippen LogP contribution in [-0.2, 0) is 10.3 Å². The molecular formula is C14H21N3O3. The van der Waals surface area contributed by atoms with E-state index in [9.17, 15) is 14.7 Å². The highest BCUT2D eigenvalue weighted by Crippen LogP contribution is 2.31. The maximum atomic E-state index is 12.4. The Hall–Kier alpha value is -1.85. The molecule has 0 radical (unpaired) electrons. The first-order valence-corrected chi connectivity index (χ1v) is 6.71. The molecule has 0 spiro atoms. The molecule has 1 fully saturated rings. The Kier molecular flexibility index (Phi) is 3.36. The Morgan fingerprint density at radius 2 is 2.05 bits per heavy atom. The van der Waals surface area contributed by atoms with Gasteiger partial charge in [0.2, 0.25) is 0 Å². The molecule has 2 heterocycles. The van der Waals surface area contributed by atoms with Crippen LogP contribution in [0.4, 0.5) is 0 Å². The number of rotatable bonds is 2. The van der Waals surface area contributed by atoms with Crippen molar-refractivity contribution in [1.82, 2.24) is 14.7 Å². The summed E-state index contributed by atoms with van der Waals surface area (Å²) in [7, 11) is 0. The van der Waals surface area contributed by atoms with Crippen molar-refractivity contribution in [2.75, 3.05) is 13.1 Å². The molecule has 20 heavy (non-hydrogen) atoms. The normalized spacial score (nSPS) is 23.1. The maximum Gasteiger partial charge on any atom is 0.311 e. The highest BCUT2D eigenvalue weighted by molar-refractivity contribution is 5.94. The van der Waals surface area contributed by atoms with Gasteiger partial charge in [-0.1, -0.05) is 0 Å². The van der Waals surface area contributed by atoms with E-state index in [2.05, 4.69) is 5.10 Å². The molecule has 1 unspecified atom stereocenters. The first kappa shape index (κ1) is 14.6. The summed E-state index contributed by atoms with van der Waals surface area (Å²) < 4.78 is 1.74. The lowest BCUT2D eigenvalue weighted by molar-refractivity contribution is -0.147. The van der Waals surface area contributed by atoms with E-state index in [4.69, 9.17) is 0 Å². The molecule has 6 heteroatoms. The third-order valence-corrected chi connectivity index (χ3v) is 3.79. The van der Waals surface area contributed by atoms with Crippen LogP contribution in [0, 0.1) is 5.41 Å². The van der Waals surface area contributed by atoms with Crippen molar-refractivity contribution in [1.29, 1.82) is 0 Å². The van der Waals surface area contributed by atoms with E-state index >= 15 is 0 Å². The van der Waals surface area contributed by atoms with Gasteiger partial charge >= 0.3 is 5.97 Å². The van der Waals surface area contributed by atoms with E-state index in [-0.39, 0.29) is 18.0 Å². The Morgan fingerprint density at radius 1 is 1.40 bits per heavy atom. The minimum atomic E-state index is -0.849. The number of carboxylic acids is 1. The number of aromatic nitrogens is 2. The molecule has 2 rings (SSSR count). The second kappa shape index (κ2) is 4.61. The Balaban J connectivity index is 2.14. The number of carbonyl (C=O) groups excluding carboxylic acids is 1. The molecule has 110 valence electrons. The van der Waals surface area contributed by atoms with Gasteiger partial charge in [-0.2, -0.15) is 5.10 Å². The fourth-order valence-electron chi connectivity index (χ4n) is 2.29.